The molecule has 3 aromatic rings. The van der Waals surface area contributed by atoms with Crippen molar-refractivity contribution in [1.29, 1.82) is 0 Å². The van der Waals surface area contributed by atoms with Crippen LogP contribution in [0.4, 0.5) is 0 Å². The molecule has 0 aliphatic rings. The smallest absolute Gasteiger partial charge is 0.192 e. The average molecular weight is 214 g/mol. The summed E-state index contributed by atoms with van der Waals surface area (Å²) >= 11 is 0. The summed E-state index contributed by atoms with van der Waals surface area (Å²) in [7, 11) is 0. The number of aromatic amines is 1. The summed E-state index contributed by atoms with van der Waals surface area (Å²) in [6, 6.07) is 1.86. The number of hydrogen-bond acceptors (Lipinski definition) is 4. The van der Waals surface area contributed by atoms with Gasteiger partial charge in [-0.25, -0.2) is 9.97 Å². The van der Waals surface area contributed by atoms with Crippen LogP contribution in [0.2, 0.25) is 0 Å². The molecule has 0 atom stereocenters. The fraction of sp³-hybridized carbons (Fsp3) is 0.182. The van der Waals surface area contributed by atoms with Crippen LogP contribution in [0.1, 0.15) is 11.6 Å². The number of nitrogens with zero attached hydrogens (tertiary/aromatic N) is 3. The monoisotopic (exact) mass is 214 g/mol. The molecule has 3 aromatic heterocycles. The van der Waals surface area contributed by atoms with E-state index in [9.17, 15) is 0 Å². The first-order chi connectivity index (χ1) is 7.74. The SMILES string of the molecule is Cc1nc(C)c(-c2nc3ccncc3[nH]2)o1. The van der Waals surface area contributed by atoms with E-state index in [1.54, 1.807) is 12.4 Å². The average Bonchev–Trinajstić information content (AvgIpc) is 2.81. The quantitative estimate of drug-likeness (QED) is 0.674. The van der Waals surface area contributed by atoms with Crippen molar-refractivity contribution in [2.24, 2.45) is 0 Å². The van der Waals surface area contributed by atoms with Crippen molar-refractivity contribution < 1.29 is 4.42 Å². The maximum absolute atomic E-state index is 5.50. The van der Waals surface area contributed by atoms with Gasteiger partial charge < -0.3 is 9.40 Å². The molecular formula is C11H10N4O. The third kappa shape index (κ3) is 1.29. The van der Waals surface area contributed by atoms with Crippen LogP contribution in [0.3, 0.4) is 0 Å². The molecule has 3 rings (SSSR count). The predicted molar refractivity (Wildman–Crippen MR) is 58.9 cm³/mol. The van der Waals surface area contributed by atoms with Crippen LogP contribution >= 0.6 is 0 Å². The van der Waals surface area contributed by atoms with Gasteiger partial charge in [-0.3, -0.25) is 4.98 Å². The molecule has 0 aromatic carbocycles. The molecule has 16 heavy (non-hydrogen) atoms. The number of pyridine rings is 1. The van der Waals surface area contributed by atoms with Gasteiger partial charge in [0.05, 0.1) is 22.9 Å². The second-order valence-electron chi connectivity index (χ2n) is 3.63. The van der Waals surface area contributed by atoms with E-state index in [2.05, 4.69) is 19.9 Å². The first-order valence-corrected chi connectivity index (χ1v) is 4.98. The van der Waals surface area contributed by atoms with Crippen molar-refractivity contribution in [2.45, 2.75) is 13.8 Å². The Bertz CT molecular complexity index is 620. The molecule has 0 bridgehead atoms. The molecule has 0 fully saturated rings. The third-order valence-corrected chi connectivity index (χ3v) is 2.40. The molecule has 0 saturated carbocycles. The molecule has 1 N–H and O–H groups in total. The van der Waals surface area contributed by atoms with Crippen LogP contribution in [0, 0.1) is 13.8 Å². The van der Waals surface area contributed by atoms with E-state index in [0.717, 1.165) is 16.7 Å². The first kappa shape index (κ1) is 9.08. The molecule has 0 spiro atoms. The van der Waals surface area contributed by atoms with Crippen LogP contribution in [0.25, 0.3) is 22.6 Å². The van der Waals surface area contributed by atoms with E-state index in [0.29, 0.717) is 17.5 Å². The van der Waals surface area contributed by atoms with Crippen molar-refractivity contribution in [1.82, 2.24) is 19.9 Å². The van der Waals surface area contributed by atoms with Crippen molar-refractivity contribution in [3.8, 4) is 11.6 Å². The Labute approximate surface area is 91.6 Å². The zero-order chi connectivity index (χ0) is 11.1. The summed E-state index contributed by atoms with van der Waals surface area (Å²) < 4.78 is 5.50. The summed E-state index contributed by atoms with van der Waals surface area (Å²) in [6.45, 7) is 3.72. The van der Waals surface area contributed by atoms with Gasteiger partial charge in [0, 0.05) is 13.1 Å². The standard InChI is InChI=1S/C11H10N4O/c1-6-10(16-7(2)13-6)11-14-8-3-4-12-5-9(8)15-11/h3-5H,1-2H3,(H,14,15). The van der Waals surface area contributed by atoms with Gasteiger partial charge in [-0.15, -0.1) is 0 Å². The minimum absolute atomic E-state index is 0.645. The zero-order valence-corrected chi connectivity index (χ0v) is 8.98. The third-order valence-electron chi connectivity index (χ3n) is 2.40. The van der Waals surface area contributed by atoms with Gasteiger partial charge in [0.2, 0.25) is 0 Å². The molecule has 3 heterocycles. The number of oxazole rings is 1. The summed E-state index contributed by atoms with van der Waals surface area (Å²) in [5.74, 6) is 2.03. The van der Waals surface area contributed by atoms with Crippen LogP contribution < -0.4 is 0 Å². The normalized spacial score (nSPS) is 11.1. The number of H-pyrrole nitrogens is 1. The van der Waals surface area contributed by atoms with E-state index in [1.165, 1.54) is 0 Å². The van der Waals surface area contributed by atoms with E-state index < -0.39 is 0 Å². The molecule has 5 heteroatoms. The number of fused-ring (bicyclic) bond motifs is 1. The van der Waals surface area contributed by atoms with Gasteiger partial charge in [0.1, 0.15) is 0 Å². The highest BCUT2D eigenvalue weighted by atomic mass is 16.4. The van der Waals surface area contributed by atoms with Crippen molar-refractivity contribution >= 4 is 11.0 Å². The summed E-state index contributed by atoms with van der Waals surface area (Å²) in [5, 5.41) is 0. The summed E-state index contributed by atoms with van der Waals surface area (Å²) in [5.41, 5.74) is 2.61. The fourth-order valence-corrected chi connectivity index (χ4v) is 1.72. The number of aryl methyl sites for hydroxylation is 2. The lowest BCUT2D eigenvalue weighted by Gasteiger charge is -1.89. The van der Waals surface area contributed by atoms with Crippen LogP contribution in [-0.4, -0.2) is 19.9 Å². The highest BCUT2D eigenvalue weighted by Crippen LogP contribution is 2.23. The van der Waals surface area contributed by atoms with Gasteiger partial charge in [-0.1, -0.05) is 0 Å². The number of nitrogens with one attached hydrogen (secondary N) is 1. The molecule has 0 amide bonds. The van der Waals surface area contributed by atoms with Crippen LogP contribution in [0.15, 0.2) is 22.9 Å². The Hall–Kier alpha value is -2.17. The summed E-state index contributed by atoms with van der Waals surface area (Å²) in [6.07, 6.45) is 3.45. The van der Waals surface area contributed by atoms with Gasteiger partial charge in [-0.05, 0) is 13.0 Å². The Balaban J connectivity index is 2.22. The maximum Gasteiger partial charge on any atom is 0.192 e. The second-order valence-corrected chi connectivity index (χ2v) is 3.63. The molecule has 0 unspecified atom stereocenters. The molecule has 0 radical (unpaired) electrons. The fourth-order valence-electron chi connectivity index (χ4n) is 1.72. The molecule has 5 nitrogen and oxygen atoms in total. The zero-order valence-electron chi connectivity index (χ0n) is 8.98. The van der Waals surface area contributed by atoms with Crippen molar-refractivity contribution in [3.05, 3.63) is 30.0 Å². The Morgan fingerprint density at radius 3 is 2.81 bits per heavy atom. The van der Waals surface area contributed by atoms with E-state index in [1.807, 2.05) is 19.9 Å². The molecule has 80 valence electrons. The van der Waals surface area contributed by atoms with E-state index in [-0.39, 0.29) is 0 Å². The highest BCUT2D eigenvalue weighted by molar-refractivity contribution is 5.77. The van der Waals surface area contributed by atoms with Crippen molar-refractivity contribution in [2.75, 3.05) is 0 Å². The van der Waals surface area contributed by atoms with Gasteiger partial charge in [0.25, 0.3) is 0 Å². The summed E-state index contributed by atoms with van der Waals surface area (Å²) in [4.78, 5) is 15.8. The van der Waals surface area contributed by atoms with Crippen LogP contribution in [-0.2, 0) is 0 Å². The topological polar surface area (TPSA) is 67.6 Å². The number of rotatable bonds is 1. The Morgan fingerprint density at radius 2 is 2.12 bits per heavy atom. The first-order valence-electron chi connectivity index (χ1n) is 4.98. The Morgan fingerprint density at radius 1 is 1.25 bits per heavy atom. The number of hydrogen-bond donors (Lipinski definition) is 1. The molecule has 0 saturated heterocycles. The van der Waals surface area contributed by atoms with Crippen molar-refractivity contribution in [3.63, 3.8) is 0 Å². The predicted octanol–water partition coefficient (Wildman–Crippen LogP) is 2.23. The minimum atomic E-state index is 0.645. The molecular weight excluding hydrogens is 204 g/mol. The van der Waals surface area contributed by atoms with Crippen LogP contribution in [0.5, 0.6) is 0 Å². The Kier molecular flexibility index (Phi) is 1.80. The van der Waals surface area contributed by atoms with Gasteiger partial charge >= 0.3 is 0 Å². The lowest BCUT2D eigenvalue weighted by atomic mass is 10.3. The lowest BCUT2D eigenvalue weighted by molar-refractivity contribution is 0.531. The lowest BCUT2D eigenvalue weighted by Crippen LogP contribution is -1.80. The van der Waals surface area contributed by atoms with Gasteiger partial charge in [-0.2, -0.15) is 0 Å². The maximum atomic E-state index is 5.50. The highest BCUT2D eigenvalue weighted by Gasteiger charge is 2.13. The second kappa shape index (κ2) is 3.16. The molecule has 0 aliphatic carbocycles. The van der Waals surface area contributed by atoms with Gasteiger partial charge in [0.15, 0.2) is 17.5 Å². The minimum Gasteiger partial charge on any atom is -0.437 e. The molecule has 0 aliphatic heterocycles. The van der Waals surface area contributed by atoms with E-state index in [4.69, 9.17) is 4.42 Å². The largest absolute Gasteiger partial charge is 0.437 e. The number of aromatic nitrogens is 4. The van der Waals surface area contributed by atoms with E-state index >= 15 is 0 Å². The number of imidazole rings is 1.